The Kier molecular flexibility index (Phi) is 4.34. The summed E-state index contributed by atoms with van der Waals surface area (Å²) in [6.45, 7) is 1.38. The van der Waals surface area contributed by atoms with Crippen LogP contribution in [0.15, 0.2) is 70.8 Å². The van der Waals surface area contributed by atoms with E-state index in [1.54, 1.807) is 18.0 Å². The predicted octanol–water partition coefficient (Wildman–Crippen LogP) is 4.01. The van der Waals surface area contributed by atoms with E-state index in [1.165, 1.54) is 6.92 Å². The molecule has 3 aromatic rings. The highest BCUT2D eigenvalue weighted by atomic mass is 32.2. The molecule has 6 heteroatoms. The third-order valence-electron chi connectivity index (χ3n) is 4.18. The van der Waals surface area contributed by atoms with Crippen LogP contribution in [0, 0.1) is 0 Å². The maximum Gasteiger partial charge on any atom is 0.304 e. The van der Waals surface area contributed by atoms with Gasteiger partial charge in [-0.15, -0.1) is 11.8 Å². The Morgan fingerprint density at radius 3 is 2.73 bits per heavy atom. The molecule has 0 amide bonds. The quantitative estimate of drug-likeness (QED) is 0.521. The number of nitrogens with zero attached hydrogens (tertiary/aromatic N) is 3. The number of hydrogen-bond donors (Lipinski definition) is 0. The van der Waals surface area contributed by atoms with E-state index >= 15 is 0 Å². The van der Waals surface area contributed by atoms with Gasteiger partial charge >= 0.3 is 5.97 Å². The van der Waals surface area contributed by atoms with Gasteiger partial charge in [0.15, 0.2) is 5.82 Å². The summed E-state index contributed by atoms with van der Waals surface area (Å²) in [5, 5.41) is 0. The highest BCUT2D eigenvalue weighted by Crippen LogP contribution is 2.32. The summed E-state index contributed by atoms with van der Waals surface area (Å²) in [4.78, 5) is 22.0. The smallest absolute Gasteiger partial charge is 0.304 e. The number of aromatic nitrogens is 2. The van der Waals surface area contributed by atoms with E-state index in [2.05, 4.69) is 23.2 Å². The Morgan fingerprint density at radius 1 is 1.19 bits per heavy atom. The molecule has 0 saturated carbocycles. The summed E-state index contributed by atoms with van der Waals surface area (Å²) in [7, 11) is 0. The van der Waals surface area contributed by atoms with Gasteiger partial charge in [-0.2, -0.15) is 0 Å². The number of ether oxygens (including phenoxy) is 1. The van der Waals surface area contributed by atoms with Gasteiger partial charge < -0.3 is 4.74 Å². The first-order valence-electron chi connectivity index (χ1n) is 8.20. The molecule has 1 aliphatic rings. The molecule has 2 heterocycles. The molecule has 0 bridgehead atoms. The van der Waals surface area contributed by atoms with Gasteiger partial charge in [-0.3, -0.25) is 9.36 Å². The van der Waals surface area contributed by atoms with Crippen LogP contribution in [0.25, 0.3) is 5.69 Å². The largest absolute Gasteiger partial charge is 0.432 e. The zero-order valence-electron chi connectivity index (χ0n) is 14.4. The van der Waals surface area contributed by atoms with E-state index in [0.29, 0.717) is 5.82 Å². The lowest BCUT2D eigenvalue weighted by molar-refractivity contribution is -0.146. The number of carbonyl (C=O) groups excluding carboxylic acids is 1. The zero-order chi connectivity index (χ0) is 18.1. The molecule has 0 fully saturated rings. The SMILES string of the molecule is CSc1ccc2c(c1)C(c1ccccc1)=NC(OC(C)=O)c1nccn1-2. The van der Waals surface area contributed by atoms with Gasteiger partial charge in [-0.25, -0.2) is 9.98 Å². The van der Waals surface area contributed by atoms with Crippen LogP contribution in [-0.2, 0) is 9.53 Å². The fourth-order valence-corrected chi connectivity index (χ4v) is 3.49. The van der Waals surface area contributed by atoms with Crippen molar-refractivity contribution < 1.29 is 9.53 Å². The molecule has 26 heavy (non-hydrogen) atoms. The lowest BCUT2D eigenvalue weighted by Crippen LogP contribution is -2.11. The number of esters is 1. The van der Waals surface area contributed by atoms with Crippen LogP contribution in [0.2, 0.25) is 0 Å². The number of rotatable bonds is 3. The second kappa shape index (κ2) is 6.80. The van der Waals surface area contributed by atoms with E-state index in [0.717, 1.165) is 27.4 Å². The molecule has 1 aliphatic heterocycles. The van der Waals surface area contributed by atoms with Crippen molar-refractivity contribution in [2.24, 2.45) is 4.99 Å². The molecular formula is C20H17N3O2S. The molecular weight excluding hydrogens is 346 g/mol. The number of carbonyl (C=O) groups is 1. The monoisotopic (exact) mass is 363 g/mol. The number of fused-ring (bicyclic) bond motifs is 3. The van der Waals surface area contributed by atoms with Crippen molar-refractivity contribution in [1.29, 1.82) is 0 Å². The van der Waals surface area contributed by atoms with Crippen LogP contribution >= 0.6 is 11.8 Å². The Bertz CT molecular complexity index is 995. The molecule has 1 unspecified atom stereocenters. The molecule has 0 aliphatic carbocycles. The first-order valence-corrected chi connectivity index (χ1v) is 9.42. The van der Waals surface area contributed by atoms with Crippen molar-refractivity contribution in [2.75, 3.05) is 6.26 Å². The lowest BCUT2D eigenvalue weighted by atomic mass is 10.0. The fourth-order valence-electron chi connectivity index (χ4n) is 3.05. The van der Waals surface area contributed by atoms with Gasteiger partial charge in [0.05, 0.1) is 11.4 Å². The summed E-state index contributed by atoms with van der Waals surface area (Å²) in [6, 6.07) is 16.2. The topological polar surface area (TPSA) is 56.5 Å². The fraction of sp³-hybridized carbons (Fsp3) is 0.150. The van der Waals surface area contributed by atoms with Crippen molar-refractivity contribution >= 4 is 23.4 Å². The third-order valence-corrected chi connectivity index (χ3v) is 4.91. The van der Waals surface area contributed by atoms with Crippen molar-refractivity contribution in [1.82, 2.24) is 9.55 Å². The first-order chi connectivity index (χ1) is 12.7. The minimum atomic E-state index is -0.789. The van der Waals surface area contributed by atoms with Gasteiger partial charge in [0, 0.05) is 35.3 Å². The number of imidazole rings is 1. The Labute approximate surface area is 155 Å². The van der Waals surface area contributed by atoms with Gasteiger partial charge in [-0.1, -0.05) is 30.3 Å². The average molecular weight is 363 g/mol. The molecule has 1 aromatic heterocycles. The van der Waals surface area contributed by atoms with Gasteiger partial charge in [0.1, 0.15) is 0 Å². The Balaban J connectivity index is 2.00. The minimum Gasteiger partial charge on any atom is -0.432 e. The van der Waals surface area contributed by atoms with Crippen LogP contribution in [0.5, 0.6) is 0 Å². The molecule has 1 atom stereocenters. The molecule has 0 N–H and O–H groups in total. The normalized spacial score (nSPS) is 15.5. The minimum absolute atomic E-state index is 0.392. The molecule has 0 radical (unpaired) electrons. The Morgan fingerprint density at radius 2 is 2.00 bits per heavy atom. The van der Waals surface area contributed by atoms with E-state index in [-0.39, 0.29) is 0 Å². The van der Waals surface area contributed by atoms with E-state index < -0.39 is 12.2 Å². The zero-order valence-corrected chi connectivity index (χ0v) is 15.2. The van der Waals surface area contributed by atoms with Gasteiger partial charge in [0.25, 0.3) is 6.23 Å². The van der Waals surface area contributed by atoms with Crippen molar-refractivity contribution in [2.45, 2.75) is 18.0 Å². The third kappa shape index (κ3) is 2.93. The molecule has 0 saturated heterocycles. The maximum absolute atomic E-state index is 11.6. The number of benzene rings is 2. The highest BCUT2D eigenvalue weighted by Gasteiger charge is 2.27. The van der Waals surface area contributed by atoms with Crippen LogP contribution in [-0.4, -0.2) is 27.5 Å². The van der Waals surface area contributed by atoms with Crippen molar-refractivity contribution in [3.8, 4) is 5.69 Å². The van der Waals surface area contributed by atoms with Gasteiger partial charge in [-0.05, 0) is 24.5 Å². The van der Waals surface area contributed by atoms with E-state index in [1.807, 2.05) is 47.4 Å². The van der Waals surface area contributed by atoms with E-state index in [4.69, 9.17) is 9.73 Å². The first kappa shape index (κ1) is 16.6. The molecule has 4 rings (SSSR count). The average Bonchev–Trinajstić information content (AvgIpc) is 3.10. The van der Waals surface area contributed by atoms with Crippen LogP contribution < -0.4 is 0 Å². The summed E-state index contributed by atoms with van der Waals surface area (Å²) < 4.78 is 7.42. The molecule has 5 nitrogen and oxygen atoms in total. The predicted molar refractivity (Wildman–Crippen MR) is 102 cm³/mol. The summed E-state index contributed by atoms with van der Waals surface area (Å²) in [5.74, 6) is 0.195. The van der Waals surface area contributed by atoms with Gasteiger partial charge in [0.2, 0.25) is 0 Å². The standard InChI is InChI=1S/C20H17N3O2S/c1-13(24)25-20-19-21-10-11-23(19)17-9-8-15(26-2)12-16(17)18(22-20)14-6-4-3-5-7-14/h3-12,20H,1-2H3. The van der Waals surface area contributed by atoms with Crippen LogP contribution in [0.4, 0.5) is 0 Å². The maximum atomic E-state index is 11.6. The van der Waals surface area contributed by atoms with Crippen molar-refractivity contribution in [3.05, 3.63) is 77.9 Å². The lowest BCUT2D eigenvalue weighted by Gasteiger charge is -2.12. The molecule has 130 valence electrons. The van der Waals surface area contributed by atoms with Crippen molar-refractivity contribution in [3.63, 3.8) is 0 Å². The number of thioether (sulfide) groups is 1. The second-order valence-electron chi connectivity index (χ2n) is 5.84. The summed E-state index contributed by atoms with van der Waals surface area (Å²) in [6.07, 6.45) is 4.82. The Hall–Kier alpha value is -2.86. The summed E-state index contributed by atoms with van der Waals surface area (Å²) >= 11 is 1.68. The highest BCUT2D eigenvalue weighted by molar-refractivity contribution is 7.98. The summed E-state index contributed by atoms with van der Waals surface area (Å²) in [5.41, 5.74) is 3.70. The number of hydrogen-bond acceptors (Lipinski definition) is 5. The number of aliphatic imine (C=N–C) groups is 1. The van der Waals surface area contributed by atoms with Crippen LogP contribution in [0.1, 0.15) is 30.1 Å². The van der Waals surface area contributed by atoms with Crippen LogP contribution in [0.3, 0.4) is 0 Å². The molecule has 0 spiro atoms. The molecule has 2 aromatic carbocycles. The van der Waals surface area contributed by atoms with E-state index in [9.17, 15) is 4.79 Å². The second-order valence-corrected chi connectivity index (χ2v) is 6.72.